The van der Waals surface area contributed by atoms with Crippen LogP contribution in [0, 0.1) is 11.3 Å². The highest BCUT2D eigenvalue weighted by atomic mass is 16.1. The molecule has 142 valence electrons. The molecule has 1 atom stereocenters. The highest BCUT2D eigenvalue weighted by Crippen LogP contribution is 2.22. The fraction of sp³-hybridized carbons (Fsp3) is 0.476. The number of hydrogen-bond donors (Lipinski definition) is 1. The highest BCUT2D eigenvalue weighted by molar-refractivity contribution is 5.39. The van der Waals surface area contributed by atoms with Crippen molar-refractivity contribution in [1.82, 2.24) is 15.1 Å². The van der Waals surface area contributed by atoms with Gasteiger partial charge in [0.05, 0.1) is 17.7 Å². The number of hydrogen-bond acceptors (Lipinski definition) is 5. The van der Waals surface area contributed by atoms with E-state index in [1.54, 1.807) is 10.7 Å². The van der Waals surface area contributed by atoms with E-state index in [4.69, 9.17) is 5.26 Å². The van der Waals surface area contributed by atoms with E-state index in [-0.39, 0.29) is 11.6 Å². The van der Waals surface area contributed by atoms with Crippen LogP contribution >= 0.6 is 0 Å². The Bertz CT molecular complexity index is 867. The lowest BCUT2D eigenvalue weighted by molar-refractivity contribution is 0.423. The highest BCUT2D eigenvalue weighted by Gasteiger charge is 2.24. The second-order valence-electron chi connectivity index (χ2n) is 7.35. The first-order chi connectivity index (χ1) is 13.1. The van der Waals surface area contributed by atoms with Crippen molar-refractivity contribution < 1.29 is 0 Å². The molecule has 6 nitrogen and oxygen atoms in total. The van der Waals surface area contributed by atoms with E-state index in [1.165, 1.54) is 6.42 Å². The predicted octanol–water partition coefficient (Wildman–Crippen LogP) is 2.84. The molecule has 3 rings (SSSR count). The fourth-order valence-electron chi connectivity index (χ4n) is 3.59. The van der Waals surface area contributed by atoms with Gasteiger partial charge < -0.3 is 10.2 Å². The van der Waals surface area contributed by atoms with E-state index in [2.05, 4.69) is 21.4 Å². The number of nitrogens with zero attached hydrogens (tertiary/aromatic N) is 4. The van der Waals surface area contributed by atoms with E-state index in [1.807, 2.05) is 44.2 Å². The van der Waals surface area contributed by atoms with Crippen molar-refractivity contribution in [2.24, 2.45) is 0 Å². The van der Waals surface area contributed by atoms with Crippen LogP contribution in [0.1, 0.15) is 50.3 Å². The minimum Gasteiger partial charge on any atom is -0.351 e. The summed E-state index contributed by atoms with van der Waals surface area (Å²) in [5.74, 6) is 0.876. The minimum atomic E-state index is -0.0576. The van der Waals surface area contributed by atoms with Crippen LogP contribution in [0.5, 0.6) is 0 Å². The Morgan fingerprint density at radius 1 is 1.30 bits per heavy atom. The molecule has 0 radical (unpaired) electrons. The molecule has 1 saturated heterocycles. The van der Waals surface area contributed by atoms with Gasteiger partial charge in [0.2, 0.25) is 0 Å². The van der Waals surface area contributed by atoms with Crippen LogP contribution in [0.3, 0.4) is 0 Å². The summed E-state index contributed by atoms with van der Waals surface area (Å²) in [6, 6.07) is 13.7. The van der Waals surface area contributed by atoms with Gasteiger partial charge in [-0.15, -0.1) is 0 Å². The third-order valence-electron chi connectivity index (χ3n) is 4.99. The molecular weight excluding hydrogens is 338 g/mol. The number of rotatable bonds is 6. The van der Waals surface area contributed by atoms with E-state index >= 15 is 0 Å². The molecule has 1 aliphatic rings. The van der Waals surface area contributed by atoms with Gasteiger partial charge in [0.25, 0.3) is 5.56 Å². The molecule has 1 fully saturated rings. The van der Waals surface area contributed by atoms with E-state index in [0.717, 1.165) is 43.9 Å². The quantitative estimate of drug-likeness (QED) is 0.852. The summed E-state index contributed by atoms with van der Waals surface area (Å²) in [5, 5.41) is 17.1. The summed E-state index contributed by atoms with van der Waals surface area (Å²) >= 11 is 0. The normalized spacial score (nSPS) is 17.1. The SMILES string of the molecule is CC(C)n1nc(N2CCCCC2CNCc2cccc(C#N)c2)ccc1=O. The lowest BCUT2D eigenvalue weighted by atomic mass is 10.0. The van der Waals surface area contributed by atoms with Crippen molar-refractivity contribution >= 4 is 5.82 Å². The lowest BCUT2D eigenvalue weighted by Gasteiger charge is -2.37. The van der Waals surface area contributed by atoms with Gasteiger partial charge in [0.1, 0.15) is 5.82 Å². The molecule has 1 aromatic carbocycles. The molecule has 0 saturated carbocycles. The number of anilines is 1. The van der Waals surface area contributed by atoms with Crippen molar-refractivity contribution in [3.8, 4) is 6.07 Å². The third-order valence-corrected chi connectivity index (χ3v) is 4.99. The average Bonchev–Trinajstić information content (AvgIpc) is 2.69. The Hall–Kier alpha value is -2.65. The Labute approximate surface area is 160 Å². The van der Waals surface area contributed by atoms with Gasteiger partial charge in [0.15, 0.2) is 0 Å². The number of piperidine rings is 1. The maximum atomic E-state index is 12.0. The van der Waals surface area contributed by atoms with Gasteiger partial charge in [0, 0.05) is 31.7 Å². The molecule has 0 bridgehead atoms. The smallest absolute Gasteiger partial charge is 0.267 e. The van der Waals surface area contributed by atoms with Crippen LogP contribution in [0.25, 0.3) is 0 Å². The van der Waals surface area contributed by atoms with Gasteiger partial charge in [-0.05, 0) is 56.9 Å². The first-order valence-corrected chi connectivity index (χ1v) is 9.65. The summed E-state index contributed by atoms with van der Waals surface area (Å²) in [6.45, 7) is 6.49. The van der Waals surface area contributed by atoms with Crippen LogP contribution < -0.4 is 15.8 Å². The summed E-state index contributed by atoms with van der Waals surface area (Å²) in [7, 11) is 0. The molecule has 0 spiro atoms. The molecule has 1 aliphatic heterocycles. The van der Waals surface area contributed by atoms with Crippen LogP contribution in [0.15, 0.2) is 41.2 Å². The first kappa shape index (κ1) is 19.1. The molecule has 0 amide bonds. The summed E-state index contributed by atoms with van der Waals surface area (Å²) in [6.07, 6.45) is 3.45. The Morgan fingerprint density at radius 2 is 2.15 bits per heavy atom. The zero-order valence-electron chi connectivity index (χ0n) is 16.1. The third kappa shape index (κ3) is 4.75. The Kier molecular flexibility index (Phi) is 6.25. The monoisotopic (exact) mass is 365 g/mol. The molecule has 2 heterocycles. The fourth-order valence-corrected chi connectivity index (χ4v) is 3.59. The maximum absolute atomic E-state index is 12.0. The Morgan fingerprint density at radius 3 is 2.93 bits per heavy atom. The number of nitrogens with one attached hydrogen (secondary N) is 1. The van der Waals surface area contributed by atoms with Crippen molar-refractivity contribution in [3.63, 3.8) is 0 Å². The van der Waals surface area contributed by atoms with Gasteiger partial charge in [-0.2, -0.15) is 10.4 Å². The van der Waals surface area contributed by atoms with Gasteiger partial charge in [-0.1, -0.05) is 12.1 Å². The minimum absolute atomic E-state index is 0.0474. The molecular formula is C21H27N5O. The second kappa shape index (κ2) is 8.83. The summed E-state index contributed by atoms with van der Waals surface area (Å²) in [5.41, 5.74) is 1.74. The van der Waals surface area contributed by atoms with Crippen LogP contribution in [-0.2, 0) is 6.54 Å². The van der Waals surface area contributed by atoms with Gasteiger partial charge in [-0.3, -0.25) is 4.79 Å². The molecule has 2 aromatic rings. The molecule has 1 aromatic heterocycles. The van der Waals surface area contributed by atoms with Gasteiger partial charge in [-0.25, -0.2) is 4.68 Å². The predicted molar refractivity (Wildman–Crippen MR) is 107 cm³/mol. The van der Waals surface area contributed by atoms with Crippen LogP contribution in [0.4, 0.5) is 5.82 Å². The second-order valence-corrected chi connectivity index (χ2v) is 7.35. The molecule has 27 heavy (non-hydrogen) atoms. The lowest BCUT2D eigenvalue weighted by Crippen LogP contribution is -2.46. The molecule has 0 aliphatic carbocycles. The van der Waals surface area contributed by atoms with Crippen LogP contribution in [0.2, 0.25) is 0 Å². The number of nitriles is 1. The first-order valence-electron chi connectivity index (χ1n) is 9.65. The van der Waals surface area contributed by atoms with E-state index in [0.29, 0.717) is 11.6 Å². The average molecular weight is 365 g/mol. The van der Waals surface area contributed by atoms with Crippen LogP contribution in [-0.4, -0.2) is 28.9 Å². The molecule has 6 heteroatoms. The Balaban J connectivity index is 1.68. The zero-order valence-corrected chi connectivity index (χ0v) is 16.1. The number of aromatic nitrogens is 2. The largest absolute Gasteiger partial charge is 0.351 e. The maximum Gasteiger partial charge on any atom is 0.267 e. The summed E-state index contributed by atoms with van der Waals surface area (Å²) in [4.78, 5) is 14.3. The van der Waals surface area contributed by atoms with E-state index in [9.17, 15) is 4.79 Å². The van der Waals surface area contributed by atoms with E-state index < -0.39 is 0 Å². The summed E-state index contributed by atoms with van der Waals surface area (Å²) < 4.78 is 1.56. The topological polar surface area (TPSA) is 74.0 Å². The van der Waals surface area contributed by atoms with Crippen molar-refractivity contribution in [3.05, 3.63) is 57.9 Å². The van der Waals surface area contributed by atoms with Crippen molar-refractivity contribution in [1.29, 1.82) is 5.26 Å². The number of benzene rings is 1. The molecule has 1 unspecified atom stereocenters. The van der Waals surface area contributed by atoms with Crippen molar-refractivity contribution in [2.75, 3.05) is 18.0 Å². The molecule has 1 N–H and O–H groups in total. The standard InChI is InChI=1S/C21H27N5O/c1-16(2)26-21(27)10-9-20(24-26)25-11-4-3-8-19(25)15-23-14-18-7-5-6-17(12-18)13-22/h5-7,9-10,12,16,19,23H,3-4,8,11,14-15H2,1-2H3. The van der Waals surface area contributed by atoms with Gasteiger partial charge >= 0.3 is 0 Å². The van der Waals surface area contributed by atoms with Crippen molar-refractivity contribution in [2.45, 2.75) is 51.7 Å². The zero-order chi connectivity index (χ0) is 19.2.